The smallest absolute Gasteiger partial charge is 0.245 e. The third-order valence-corrected chi connectivity index (χ3v) is 4.73. The van der Waals surface area contributed by atoms with E-state index in [9.17, 15) is 4.79 Å². The van der Waals surface area contributed by atoms with Gasteiger partial charge in [-0.05, 0) is 49.0 Å². The molecule has 1 atom stereocenters. The van der Waals surface area contributed by atoms with Gasteiger partial charge < -0.3 is 16.0 Å². The minimum absolute atomic E-state index is 0.118. The summed E-state index contributed by atoms with van der Waals surface area (Å²) in [6, 6.07) is 10.3. The van der Waals surface area contributed by atoms with E-state index in [1.165, 1.54) is 32.1 Å². The molecule has 1 amide bonds. The van der Waals surface area contributed by atoms with Crippen LogP contribution in [0.15, 0.2) is 36.4 Å². The van der Waals surface area contributed by atoms with Gasteiger partial charge in [0.15, 0.2) is 5.11 Å². The third kappa shape index (κ3) is 8.00. The second kappa shape index (κ2) is 11.0. The lowest BCUT2D eigenvalue weighted by Crippen LogP contribution is -2.53. The van der Waals surface area contributed by atoms with Crippen LogP contribution in [0, 0.1) is 5.92 Å². The minimum Gasteiger partial charge on any atom is -0.360 e. The van der Waals surface area contributed by atoms with E-state index >= 15 is 0 Å². The van der Waals surface area contributed by atoms with Crippen LogP contribution in [0.25, 0.3) is 6.08 Å². The highest BCUT2D eigenvalue weighted by Gasteiger charge is 2.17. The molecule has 2 rings (SSSR count). The number of rotatable bonds is 7. The Balaban J connectivity index is 1.85. The number of hydrogen-bond acceptors (Lipinski definition) is 2. The minimum atomic E-state index is -0.175. The maximum absolute atomic E-state index is 12.3. The fraction of sp³-hybridized carbons (Fsp3) is 0.524. The van der Waals surface area contributed by atoms with Gasteiger partial charge in [-0.15, -0.1) is 0 Å². The second-order valence-electron chi connectivity index (χ2n) is 7.39. The molecule has 5 heteroatoms. The molecule has 1 aliphatic rings. The number of carbonyl (C=O) groups is 1. The Morgan fingerprint density at radius 1 is 1.15 bits per heavy atom. The van der Waals surface area contributed by atoms with E-state index < -0.39 is 0 Å². The number of nitrogens with one attached hydrogen (secondary N) is 3. The average Bonchev–Trinajstić information content (AvgIpc) is 2.61. The normalized spacial score (nSPS) is 16.4. The average molecular weight is 374 g/mol. The van der Waals surface area contributed by atoms with E-state index in [4.69, 9.17) is 12.2 Å². The van der Waals surface area contributed by atoms with Crippen molar-refractivity contribution in [1.82, 2.24) is 16.0 Å². The Morgan fingerprint density at radius 2 is 1.85 bits per heavy atom. The molecular weight excluding hydrogens is 342 g/mol. The molecule has 0 aromatic heterocycles. The van der Waals surface area contributed by atoms with Gasteiger partial charge in [0.1, 0.15) is 6.17 Å². The highest BCUT2D eigenvalue weighted by molar-refractivity contribution is 7.80. The van der Waals surface area contributed by atoms with Crippen molar-refractivity contribution in [3.05, 3.63) is 42.0 Å². The molecular formula is C21H31N3OS. The van der Waals surface area contributed by atoms with Gasteiger partial charge in [0, 0.05) is 12.1 Å². The number of carbonyl (C=O) groups excluding carboxylic acids is 1. The Hall–Kier alpha value is -1.88. The van der Waals surface area contributed by atoms with Crippen LogP contribution in [0.3, 0.4) is 0 Å². The lowest BCUT2D eigenvalue weighted by Gasteiger charge is -2.28. The summed E-state index contributed by atoms with van der Waals surface area (Å²) in [5.41, 5.74) is 1.01. The van der Waals surface area contributed by atoms with Crippen molar-refractivity contribution < 1.29 is 4.79 Å². The summed E-state index contributed by atoms with van der Waals surface area (Å²) in [6.45, 7) is 4.27. The highest BCUT2D eigenvalue weighted by Crippen LogP contribution is 2.17. The number of benzene rings is 1. The number of thiocarbonyl (C=S) groups is 1. The Kier molecular flexibility index (Phi) is 8.62. The molecule has 0 aliphatic heterocycles. The van der Waals surface area contributed by atoms with E-state index in [0.717, 1.165) is 12.0 Å². The Morgan fingerprint density at radius 3 is 2.50 bits per heavy atom. The standard InChI is InChI=1S/C21H31N3OS/c1-16(2)15-19(24-21(26)22-18-11-7-4-8-12-18)23-20(25)14-13-17-9-5-3-6-10-17/h3,5-6,9-10,13-14,16,18-19H,4,7-8,11-12,15H2,1-2H3,(H,23,25)(H2,22,24,26)/b14-13+. The Bertz CT molecular complexity index is 595. The molecule has 1 unspecified atom stereocenters. The van der Waals surface area contributed by atoms with Gasteiger partial charge in [0.2, 0.25) is 5.91 Å². The van der Waals surface area contributed by atoms with Gasteiger partial charge in [-0.3, -0.25) is 4.79 Å². The first kappa shape index (κ1) is 20.4. The van der Waals surface area contributed by atoms with Crippen molar-refractivity contribution in [1.29, 1.82) is 0 Å². The monoisotopic (exact) mass is 373 g/mol. The lowest BCUT2D eigenvalue weighted by atomic mass is 9.96. The lowest BCUT2D eigenvalue weighted by molar-refractivity contribution is -0.117. The number of hydrogen-bond donors (Lipinski definition) is 3. The van der Waals surface area contributed by atoms with Crippen LogP contribution < -0.4 is 16.0 Å². The van der Waals surface area contributed by atoms with Crippen molar-refractivity contribution >= 4 is 29.3 Å². The summed E-state index contributed by atoms with van der Waals surface area (Å²) >= 11 is 5.47. The van der Waals surface area contributed by atoms with Crippen molar-refractivity contribution in [2.75, 3.05) is 0 Å². The summed E-state index contributed by atoms with van der Waals surface area (Å²) in [6.07, 6.45) is 10.2. The third-order valence-electron chi connectivity index (χ3n) is 4.50. The van der Waals surface area contributed by atoms with Crippen molar-refractivity contribution in [2.24, 2.45) is 5.92 Å². The van der Waals surface area contributed by atoms with Crippen molar-refractivity contribution in [3.8, 4) is 0 Å². The van der Waals surface area contributed by atoms with E-state index in [0.29, 0.717) is 17.1 Å². The molecule has 1 fully saturated rings. The molecule has 3 N–H and O–H groups in total. The number of amides is 1. The molecule has 1 aromatic rings. The fourth-order valence-electron chi connectivity index (χ4n) is 3.21. The molecule has 1 aliphatic carbocycles. The van der Waals surface area contributed by atoms with Gasteiger partial charge >= 0.3 is 0 Å². The topological polar surface area (TPSA) is 53.2 Å². The maximum atomic E-state index is 12.3. The van der Waals surface area contributed by atoms with E-state index in [2.05, 4.69) is 29.8 Å². The predicted octanol–water partition coefficient (Wildman–Crippen LogP) is 3.99. The van der Waals surface area contributed by atoms with Crippen LogP contribution in [-0.2, 0) is 4.79 Å². The van der Waals surface area contributed by atoms with Crippen molar-refractivity contribution in [2.45, 2.75) is 64.6 Å². The first-order chi connectivity index (χ1) is 12.5. The van der Waals surface area contributed by atoms with E-state index in [-0.39, 0.29) is 12.1 Å². The summed E-state index contributed by atoms with van der Waals surface area (Å²) in [7, 11) is 0. The van der Waals surface area contributed by atoms with Gasteiger partial charge in [-0.25, -0.2) is 0 Å². The molecule has 4 nitrogen and oxygen atoms in total. The molecule has 0 heterocycles. The molecule has 0 radical (unpaired) electrons. The Labute approximate surface area is 162 Å². The summed E-state index contributed by atoms with van der Waals surface area (Å²) < 4.78 is 0. The van der Waals surface area contributed by atoms with E-state index in [1.807, 2.05) is 36.4 Å². The SMILES string of the molecule is CC(C)CC(NC(=O)/C=C/c1ccccc1)NC(=S)NC1CCCCC1. The van der Waals surface area contributed by atoms with Crippen LogP contribution >= 0.6 is 12.2 Å². The van der Waals surface area contributed by atoms with Gasteiger partial charge in [0.05, 0.1) is 0 Å². The molecule has 0 spiro atoms. The molecule has 1 aromatic carbocycles. The summed E-state index contributed by atoms with van der Waals surface area (Å²) in [4.78, 5) is 12.3. The van der Waals surface area contributed by atoms with Gasteiger partial charge in [0.25, 0.3) is 0 Å². The maximum Gasteiger partial charge on any atom is 0.245 e. The van der Waals surface area contributed by atoms with Crippen molar-refractivity contribution in [3.63, 3.8) is 0 Å². The first-order valence-electron chi connectivity index (χ1n) is 9.63. The second-order valence-corrected chi connectivity index (χ2v) is 7.80. The zero-order valence-corrected chi connectivity index (χ0v) is 16.6. The molecule has 142 valence electrons. The zero-order valence-electron chi connectivity index (χ0n) is 15.8. The van der Waals surface area contributed by atoms with Crippen LogP contribution in [0.2, 0.25) is 0 Å². The largest absolute Gasteiger partial charge is 0.360 e. The quantitative estimate of drug-likeness (QED) is 0.384. The van der Waals surface area contributed by atoms with Crippen LogP contribution in [-0.4, -0.2) is 23.2 Å². The molecule has 26 heavy (non-hydrogen) atoms. The highest BCUT2D eigenvalue weighted by atomic mass is 32.1. The van der Waals surface area contributed by atoms with Crippen LogP contribution in [0.4, 0.5) is 0 Å². The molecule has 0 bridgehead atoms. The van der Waals surface area contributed by atoms with Crippen LogP contribution in [0.5, 0.6) is 0 Å². The zero-order chi connectivity index (χ0) is 18.8. The van der Waals surface area contributed by atoms with Crippen LogP contribution in [0.1, 0.15) is 57.9 Å². The first-order valence-corrected chi connectivity index (χ1v) is 10.0. The fourth-order valence-corrected chi connectivity index (χ4v) is 3.52. The molecule has 0 saturated heterocycles. The van der Waals surface area contributed by atoms with Gasteiger partial charge in [-0.2, -0.15) is 0 Å². The summed E-state index contributed by atoms with van der Waals surface area (Å²) in [5.74, 6) is 0.329. The summed E-state index contributed by atoms with van der Waals surface area (Å²) in [5, 5.41) is 10.3. The van der Waals surface area contributed by atoms with Gasteiger partial charge in [-0.1, -0.05) is 63.4 Å². The molecule has 1 saturated carbocycles. The predicted molar refractivity (Wildman–Crippen MR) is 113 cm³/mol. The van der Waals surface area contributed by atoms with E-state index in [1.54, 1.807) is 6.08 Å².